The minimum Gasteiger partial charge on any atom is -0.497 e. The molecule has 2 bridgehead atoms. The number of ether oxygens (including phenoxy) is 1. The van der Waals surface area contributed by atoms with E-state index in [1.165, 1.54) is 22.3 Å². The van der Waals surface area contributed by atoms with Crippen LogP contribution in [0.4, 0.5) is 4.79 Å². The van der Waals surface area contributed by atoms with E-state index in [1.54, 1.807) is 7.11 Å². The number of allylic oxidation sites excluding steroid dienone is 1. The minimum absolute atomic E-state index is 0.0222. The monoisotopic (exact) mass is 374 g/mol. The molecule has 1 heterocycles. The number of nitrogens with one attached hydrogen (secondary N) is 1. The zero-order valence-electron chi connectivity index (χ0n) is 16.5. The highest BCUT2D eigenvalue weighted by Crippen LogP contribution is 2.47. The van der Waals surface area contributed by atoms with Crippen LogP contribution in [0, 0.1) is 0 Å². The summed E-state index contributed by atoms with van der Waals surface area (Å²) in [4.78, 5) is 14.6. The van der Waals surface area contributed by atoms with Gasteiger partial charge in [0.1, 0.15) is 11.3 Å². The molecule has 0 saturated carbocycles. The van der Waals surface area contributed by atoms with Gasteiger partial charge in [0.2, 0.25) is 0 Å². The molecule has 1 fully saturated rings. The maximum atomic E-state index is 12.8. The molecule has 2 aliphatic carbocycles. The van der Waals surface area contributed by atoms with Crippen molar-refractivity contribution in [1.82, 2.24) is 10.2 Å². The average Bonchev–Trinajstić information content (AvgIpc) is 3.02. The lowest BCUT2D eigenvalue weighted by Crippen LogP contribution is -2.41. The number of aryl methyl sites for hydroxylation is 2. The van der Waals surface area contributed by atoms with Crippen molar-refractivity contribution in [3.8, 4) is 5.75 Å². The number of hydrogen-bond donors (Lipinski definition) is 1. The molecule has 1 aliphatic heterocycles. The summed E-state index contributed by atoms with van der Waals surface area (Å²) in [6.07, 6.45) is 7.15. The van der Waals surface area contributed by atoms with Gasteiger partial charge in [-0.2, -0.15) is 0 Å². The first kappa shape index (κ1) is 17.4. The van der Waals surface area contributed by atoms with E-state index in [0.717, 1.165) is 43.6 Å². The second-order valence-electron chi connectivity index (χ2n) is 8.18. The Kier molecular flexibility index (Phi) is 3.97. The third kappa shape index (κ3) is 2.47. The summed E-state index contributed by atoms with van der Waals surface area (Å²) in [7, 11) is 3.59. The molecule has 1 saturated heterocycles. The second kappa shape index (κ2) is 6.40. The fourth-order valence-electron chi connectivity index (χ4n) is 5.33. The molecule has 2 aromatic carbocycles. The summed E-state index contributed by atoms with van der Waals surface area (Å²) >= 11 is 0. The van der Waals surface area contributed by atoms with E-state index >= 15 is 0 Å². The number of likely N-dealkylation sites (N-methyl/N-ethyl adjacent to an activating group) is 1. The average molecular weight is 374 g/mol. The van der Waals surface area contributed by atoms with E-state index in [-0.39, 0.29) is 6.03 Å². The third-order valence-electron chi connectivity index (χ3n) is 6.82. The highest BCUT2D eigenvalue weighted by atomic mass is 16.5. The second-order valence-corrected chi connectivity index (χ2v) is 8.18. The Morgan fingerprint density at radius 1 is 1.14 bits per heavy atom. The highest BCUT2D eigenvalue weighted by molar-refractivity contribution is 5.82. The van der Waals surface area contributed by atoms with Gasteiger partial charge in [-0.15, -0.1) is 0 Å². The predicted octanol–water partition coefficient (Wildman–Crippen LogP) is 4.50. The molecule has 2 aromatic rings. The number of fused-ring (bicyclic) bond motifs is 5. The van der Waals surface area contributed by atoms with Gasteiger partial charge in [-0.3, -0.25) is 4.90 Å². The summed E-state index contributed by atoms with van der Waals surface area (Å²) < 4.78 is 5.55. The van der Waals surface area contributed by atoms with Gasteiger partial charge in [0.05, 0.1) is 7.11 Å². The number of carbonyl (C=O) groups excluding carboxylic acids is 1. The van der Waals surface area contributed by atoms with Gasteiger partial charge in [0, 0.05) is 12.7 Å². The lowest BCUT2D eigenvalue weighted by atomic mass is 9.77. The number of urea groups is 1. The first-order valence-electron chi connectivity index (χ1n) is 10.1. The largest absolute Gasteiger partial charge is 0.497 e. The number of nitrogens with zero attached hydrogens (tertiary/aromatic N) is 1. The molecule has 0 aromatic heterocycles. The fourth-order valence-corrected chi connectivity index (χ4v) is 5.33. The highest BCUT2D eigenvalue weighted by Gasteiger charge is 2.49. The summed E-state index contributed by atoms with van der Waals surface area (Å²) in [5.41, 5.74) is 5.98. The van der Waals surface area contributed by atoms with Gasteiger partial charge in [0.25, 0.3) is 0 Å². The number of benzene rings is 2. The van der Waals surface area contributed by atoms with Crippen molar-refractivity contribution in [2.45, 2.75) is 43.6 Å². The van der Waals surface area contributed by atoms with Crippen LogP contribution in [-0.2, 0) is 18.4 Å². The van der Waals surface area contributed by atoms with Gasteiger partial charge in [-0.05, 0) is 72.4 Å². The van der Waals surface area contributed by atoms with E-state index in [2.05, 4.69) is 47.8 Å². The third-order valence-corrected chi connectivity index (χ3v) is 6.82. The molecule has 4 heteroatoms. The molecular weight excluding hydrogens is 348 g/mol. The van der Waals surface area contributed by atoms with Crippen LogP contribution in [-0.4, -0.2) is 25.1 Å². The van der Waals surface area contributed by atoms with Crippen molar-refractivity contribution >= 4 is 6.03 Å². The lowest BCUT2D eigenvalue weighted by Gasteiger charge is -2.34. The standard InChI is InChI=1S/C24H26N2O2/c1-26-22-12-10-17-7-8-18-9-11-19(28-2)15-21(18)24(22,25-23(26)27)14-13-16-5-3-4-6-20(16)17/h3-6,9,11-12,15,17H,7-8,10,13-14H2,1-2H3,(H,25,27). The van der Waals surface area contributed by atoms with E-state index in [9.17, 15) is 4.79 Å². The zero-order valence-corrected chi connectivity index (χ0v) is 16.5. The molecule has 2 unspecified atom stereocenters. The Morgan fingerprint density at radius 2 is 2.00 bits per heavy atom. The summed E-state index contributed by atoms with van der Waals surface area (Å²) in [6, 6.07) is 15.2. The Hall–Kier alpha value is -2.75. The van der Waals surface area contributed by atoms with Crippen LogP contribution >= 0.6 is 0 Å². The summed E-state index contributed by atoms with van der Waals surface area (Å²) in [6.45, 7) is 0. The Labute approximate surface area is 166 Å². The van der Waals surface area contributed by atoms with E-state index in [1.807, 2.05) is 18.0 Å². The van der Waals surface area contributed by atoms with Gasteiger partial charge in [-0.1, -0.05) is 36.4 Å². The Bertz CT molecular complexity index is 980. The maximum Gasteiger partial charge on any atom is 0.322 e. The van der Waals surface area contributed by atoms with Crippen molar-refractivity contribution < 1.29 is 9.53 Å². The summed E-state index contributed by atoms with van der Waals surface area (Å²) in [5.74, 6) is 1.31. The van der Waals surface area contributed by atoms with E-state index in [4.69, 9.17) is 4.74 Å². The smallest absolute Gasteiger partial charge is 0.322 e. The van der Waals surface area contributed by atoms with Gasteiger partial charge in [0.15, 0.2) is 0 Å². The number of amides is 2. The Balaban J connectivity index is 1.77. The lowest BCUT2D eigenvalue weighted by molar-refractivity contribution is 0.228. The van der Waals surface area contributed by atoms with E-state index in [0.29, 0.717) is 5.92 Å². The fraction of sp³-hybridized carbons (Fsp3) is 0.375. The molecule has 28 heavy (non-hydrogen) atoms. The molecule has 3 aliphatic rings. The molecule has 2 atom stereocenters. The molecule has 5 rings (SSSR count). The summed E-state index contributed by atoms with van der Waals surface area (Å²) in [5, 5.41) is 3.37. The molecule has 1 N–H and O–H groups in total. The molecular formula is C24H26N2O2. The number of carbonyl (C=O) groups is 1. The molecule has 0 spiro atoms. The van der Waals surface area contributed by atoms with Crippen LogP contribution < -0.4 is 10.1 Å². The van der Waals surface area contributed by atoms with Crippen LogP contribution in [0.3, 0.4) is 0 Å². The molecule has 4 nitrogen and oxygen atoms in total. The molecule has 0 radical (unpaired) electrons. The normalized spacial score (nSPS) is 25.8. The SMILES string of the molecule is COc1ccc2c(c1)C13CCc4ccccc4C(CC=C1N(C)C(=O)N3)CC2. The maximum absolute atomic E-state index is 12.8. The van der Waals surface area contributed by atoms with Crippen molar-refractivity contribution in [3.05, 3.63) is 76.5 Å². The van der Waals surface area contributed by atoms with Crippen molar-refractivity contribution in [3.63, 3.8) is 0 Å². The molecule has 2 amide bonds. The van der Waals surface area contributed by atoms with Gasteiger partial charge < -0.3 is 10.1 Å². The first-order chi connectivity index (χ1) is 13.6. The first-order valence-corrected chi connectivity index (χ1v) is 10.1. The van der Waals surface area contributed by atoms with Crippen LogP contribution in [0.1, 0.15) is 47.4 Å². The quantitative estimate of drug-likeness (QED) is 0.799. The van der Waals surface area contributed by atoms with Crippen LogP contribution in [0.25, 0.3) is 0 Å². The van der Waals surface area contributed by atoms with Gasteiger partial charge in [-0.25, -0.2) is 4.79 Å². The number of methoxy groups -OCH3 is 1. The van der Waals surface area contributed by atoms with Crippen LogP contribution in [0.5, 0.6) is 5.75 Å². The topological polar surface area (TPSA) is 41.6 Å². The van der Waals surface area contributed by atoms with Crippen molar-refractivity contribution in [1.29, 1.82) is 0 Å². The molecule has 144 valence electrons. The zero-order chi connectivity index (χ0) is 19.3. The number of rotatable bonds is 1. The van der Waals surface area contributed by atoms with Crippen LogP contribution in [0.2, 0.25) is 0 Å². The van der Waals surface area contributed by atoms with Crippen LogP contribution in [0.15, 0.2) is 54.2 Å². The minimum atomic E-state index is -0.498. The van der Waals surface area contributed by atoms with Crippen molar-refractivity contribution in [2.75, 3.05) is 14.2 Å². The number of hydrogen-bond acceptors (Lipinski definition) is 2. The van der Waals surface area contributed by atoms with Gasteiger partial charge >= 0.3 is 6.03 Å². The predicted molar refractivity (Wildman–Crippen MR) is 109 cm³/mol. The van der Waals surface area contributed by atoms with Crippen molar-refractivity contribution in [2.24, 2.45) is 0 Å². The van der Waals surface area contributed by atoms with E-state index < -0.39 is 5.54 Å². The Morgan fingerprint density at radius 3 is 2.86 bits per heavy atom.